The minimum Gasteiger partial charge on any atom is -0.374 e. The van der Waals surface area contributed by atoms with Gasteiger partial charge in [0, 0.05) is 6.61 Å². The molecule has 0 saturated carbocycles. The normalized spacial score (nSPS) is 12.4. The van der Waals surface area contributed by atoms with Crippen molar-refractivity contribution in [3.05, 3.63) is 11.5 Å². The standard InChI is InChI=1S/C10H20OS.C2H6/c1-4-6-8-11-10(3)7-9-12-5-2;1-2/h7,9-10H,4-6,8H2,1-3H3;1-2H3/b9-7-;. The molecule has 0 aliphatic carbocycles. The van der Waals surface area contributed by atoms with Crippen molar-refractivity contribution in [1.29, 1.82) is 0 Å². The number of hydrogen-bond donors (Lipinski definition) is 0. The van der Waals surface area contributed by atoms with E-state index in [1.807, 2.05) is 25.6 Å². The molecule has 0 bridgehead atoms. The molecule has 0 aliphatic rings. The summed E-state index contributed by atoms with van der Waals surface area (Å²) in [5.41, 5.74) is 0. The molecule has 0 spiro atoms. The summed E-state index contributed by atoms with van der Waals surface area (Å²) < 4.78 is 5.53. The highest BCUT2D eigenvalue weighted by Crippen LogP contribution is 2.03. The van der Waals surface area contributed by atoms with E-state index < -0.39 is 0 Å². The van der Waals surface area contributed by atoms with Crippen LogP contribution in [0.3, 0.4) is 0 Å². The maximum Gasteiger partial charge on any atom is 0.0735 e. The molecule has 2 heteroatoms. The van der Waals surface area contributed by atoms with Gasteiger partial charge in [-0.3, -0.25) is 0 Å². The topological polar surface area (TPSA) is 9.23 Å². The summed E-state index contributed by atoms with van der Waals surface area (Å²) in [4.78, 5) is 0. The van der Waals surface area contributed by atoms with Crippen molar-refractivity contribution >= 4 is 11.8 Å². The Morgan fingerprint density at radius 3 is 2.43 bits per heavy atom. The third-order valence-corrected chi connectivity index (χ3v) is 2.17. The molecule has 1 unspecified atom stereocenters. The number of rotatable bonds is 7. The fourth-order valence-electron chi connectivity index (χ4n) is 0.732. The minimum atomic E-state index is 0.274. The predicted molar refractivity (Wildman–Crippen MR) is 68.9 cm³/mol. The van der Waals surface area contributed by atoms with E-state index in [1.165, 1.54) is 12.8 Å². The molecule has 0 rings (SSSR count). The van der Waals surface area contributed by atoms with Crippen LogP contribution < -0.4 is 0 Å². The number of unbranched alkanes of at least 4 members (excludes halogenated alkanes) is 1. The molecular formula is C12H26OS. The summed E-state index contributed by atoms with van der Waals surface area (Å²) in [5.74, 6) is 1.14. The van der Waals surface area contributed by atoms with Gasteiger partial charge in [0.15, 0.2) is 0 Å². The molecule has 1 atom stereocenters. The van der Waals surface area contributed by atoms with Crippen LogP contribution in [0.25, 0.3) is 0 Å². The fourth-order valence-corrected chi connectivity index (χ4v) is 1.26. The maximum atomic E-state index is 5.53. The SMILES string of the molecule is CC.CCCCOC(C)/C=C\SCC. The van der Waals surface area contributed by atoms with E-state index in [-0.39, 0.29) is 6.10 Å². The van der Waals surface area contributed by atoms with Crippen molar-refractivity contribution in [2.24, 2.45) is 0 Å². The van der Waals surface area contributed by atoms with Crippen LogP contribution in [0.4, 0.5) is 0 Å². The van der Waals surface area contributed by atoms with Crippen LogP contribution >= 0.6 is 11.8 Å². The van der Waals surface area contributed by atoms with Crippen LogP contribution in [0.15, 0.2) is 11.5 Å². The van der Waals surface area contributed by atoms with Crippen molar-refractivity contribution in [3.8, 4) is 0 Å². The number of ether oxygens (including phenoxy) is 1. The van der Waals surface area contributed by atoms with E-state index in [4.69, 9.17) is 4.74 Å². The van der Waals surface area contributed by atoms with Crippen molar-refractivity contribution < 1.29 is 4.74 Å². The Balaban J connectivity index is 0. The first-order chi connectivity index (χ1) is 6.81. The molecule has 0 aromatic heterocycles. The lowest BCUT2D eigenvalue weighted by Gasteiger charge is -2.07. The zero-order chi connectivity index (χ0) is 11.2. The zero-order valence-electron chi connectivity index (χ0n) is 10.4. The van der Waals surface area contributed by atoms with Gasteiger partial charge >= 0.3 is 0 Å². The second-order valence-electron chi connectivity index (χ2n) is 2.71. The summed E-state index contributed by atoms with van der Waals surface area (Å²) in [5, 5.41) is 2.12. The summed E-state index contributed by atoms with van der Waals surface area (Å²) in [6, 6.07) is 0. The first-order valence-corrected chi connectivity index (χ1v) is 6.76. The second kappa shape index (κ2) is 15.5. The molecule has 0 amide bonds. The van der Waals surface area contributed by atoms with Gasteiger partial charge in [0.1, 0.15) is 0 Å². The Morgan fingerprint density at radius 2 is 1.93 bits per heavy atom. The van der Waals surface area contributed by atoms with Gasteiger partial charge in [-0.25, -0.2) is 0 Å². The number of thioether (sulfide) groups is 1. The van der Waals surface area contributed by atoms with Crippen LogP contribution in [-0.2, 0) is 4.74 Å². The highest BCUT2D eigenvalue weighted by Gasteiger charge is 1.94. The first-order valence-electron chi connectivity index (χ1n) is 5.71. The van der Waals surface area contributed by atoms with Gasteiger partial charge in [0.2, 0.25) is 0 Å². The third kappa shape index (κ3) is 14.6. The van der Waals surface area contributed by atoms with Gasteiger partial charge in [-0.1, -0.05) is 34.1 Å². The molecule has 0 radical (unpaired) electrons. The smallest absolute Gasteiger partial charge is 0.0735 e. The lowest BCUT2D eigenvalue weighted by molar-refractivity contribution is 0.0952. The molecule has 0 aromatic carbocycles. The van der Waals surface area contributed by atoms with Crippen LogP contribution in [0.5, 0.6) is 0 Å². The molecule has 14 heavy (non-hydrogen) atoms. The summed E-state index contributed by atoms with van der Waals surface area (Å²) in [6.07, 6.45) is 4.76. The number of hydrogen-bond acceptors (Lipinski definition) is 2. The van der Waals surface area contributed by atoms with Gasteiger partial charge in [0.05, 0.1) is 6.10 Å². The molecule has 0 heterocycles. The monoisotopic (exact) mass is 218 g/mol. The quantitative estimate of drug-likeness (QED) is 0.582. The third-order valence-electron chi connectivity index (χ3n) is 1.49. The first kappa shape index (κ1) is 16.5. The maximum absolute atomic E-state index is 5.53. The van der Waals surface area contributed by atoms with Gasteiger partial charge in [0.25, 0.3) is 0 Å². The summed E-state index contributed by atoms with van der Waals surface area (Å²) in [6.45, 7) is 11.3. The van der Waals surface area contributed by atoms with Crippen molar-refractivity contribution in [2.75, 3.05) is 12.4 Å². The zero-order valence-corrected chi connectivity index (χ0v) is 11.2. The lowest BCUT2D eigenvalue weighted by atomic mass is 10.3. The summed E-state index contributed by atoms with van der Waals surface area (Å²) >= 11 is 1.82. The van der Waals surface area contributed by atoms with Crippen molar-refractivity contribution in [2.45, 2.75) is 53.6 Å². The van der Waals surface area contributed by atoms with E-state index in [0.717, 1.165) is 12.4 Å². The molecule has 0 N–H and O–H groups in total. The molecular weight excluding hydrogens is 192 g/mol. The van der Waals surface area contributed by atoms with Gasteiger partial charge in [-0.2, -0.15) is 0 Å². The van der Waals surface area contributed by atoms with Crippen LogP contribution in [0, 0.1) is 0 Å². The fraction of sp³-hybridized carbons (Fsp3) is 0.833. The van der Waals surface area contributed by atoms with Crippen LogP contribution in [0.1, 0.15) is 47.5 Å². The Labute approximate surface area is 94.3 Å². The van der Waals surface area contributed by atoms with Gasteiger partial charge in [-0.15, -0.1) is 11.8 Å². The molecule has 86 valence electrons. The van der Waals surface area contributed by atoms with Crippen LogP contribution in [-0.4, -0.2) is 18.5 Å². The van der Waals surface area contributed by atoms with Gasteiger partial charge in [-0.05, 0) is 30.6 Å². The predicted octanol–water partition coefficient (Wildman–Crippen LogP) is 4.48. The van der Waals surface area contributed by atoms with E-state index >= 15 is 0 Å². The lowest BCUT2D eigenvalue weighted by Crippen LogP contribution is -2.05. The molecule has 0 fully saturated rings. The van der Waals surface area contributed by atoms with E-state index in [2.05, 4.69) is 32.3 Å². The Kier molecular flexibility index (Phi) is 18.3. The van der Waals surface area contributed by atoms with E-state index in [0.29, 0.717) is 0 Å². The van der Waals surface area contributed by atoms with Crippen molar-refractivity contribution in [3.63, 3.8) is 0 Å². The minimum absolute atomic E-state index is 0.274. The summed E-state index contributed by atoms with van der Waals surface area (Å²) in [7, 11) is 0. The van der Waals surface area contributed by atoms with Gasteiger partial charge < -0.3 is 4.74 Å². The second-order valence-corrected chi connectivity index (χ2v) is 3.90. The molecule has 0 aliphatic heterocycles. The molecule has 0 saturated heterocycles. The Morgan fingerprint density at radius 1 is 1.29 bits per heavy atom. The average molecular weight is 218 g/mol. The van der Waals surface area contributed by atoms with E-state index in [1.54, 1.807) is 0 Å². The average Bonchev–Trinajstić information content (AvgIpc) is 2.22. The van der Waals surface area contributed by atoms with Crippen molar-refractivity contribution in [1.82, 2.24) is 0 Å². The largest absolute Gasteiger partial charge is 0.374 e. The Hall–Kier alpha value is 0.0500. The molecule has 1 nitrogen and oxygen atoms in total. The van der Waals surface area contributed by atoms with Crippen LogP contribution in [0.2, 0.25) is 0 Å². The Bertz CT molecular complexity index is 113. The highest BCUT2D eigenvalue weighted by atomic mass is 32.2. The molecule has 0 aromatic rings. The highest BCUT2D eigenvalue weighted by molar-refractivity contribution is 8.02. The van der Waals surface area contributed by atoms with E-state index in [9.17, 15) is 0 Å².